The molecule has 4 nitrogen and oxygen atoms in total. The summed E-state index contributed by atoms with van der Waals surface area (Å²) < 4.78 is 5.75. The van der Waals surface area contributed by atoms with Crippen LogP contribution in [-0.4, -0.2) is 48.9 Å². The normalized spacial score (nSPS) is 16.4. The molecule has 1 aliphatic rings. The number of benzene rings is 2. The maximum atomic E-state index is 11.1. The van der Waals surface area contributed by atoms with Gasteiger partial charge in [-0.05, 0) is 68.0 Å². The summed E-state index contributed by atoms with van der Waals surface area (Å²) in [7, 11) is 2.10. The van der Waals surface area contributed by atoms with Crippen LogP contribution in [0, 0.1) is 6.92 Å². The molecular weight excluding hydrogens is 372 g/mol. The van der Waals surface area contributed by atoms with Crippen LogP contribution in [0.3, 0.4) is 0 Å². The second kappa shape index (κ2) is 10.8. The standard InChI is InChI=1S/C26H38N2O2/c1-4-5-20-30-25-12-10-24(11-13-25)27(3)17-14-26(29)15-18-28(19-16-26)21-23-9-7-6-8-22(23)2/h6-13,29H,4-5,14-21H2,1-3H3. The van der Waals surface area contributed by atoms with E-state index >= 15 is 0 Å². The van der Waals surface area contributed by atoms with Crippen molar-refractivity contribution in [2.45, 2.75) is 58.1 Å². The molecule has 0 bridgehead atoms. The molecule has 0 aliphatic carbocycles. The van der Waals surface area contributed by atoms with E-state index in [-0.39, 0.29) is 0 Å². The number of aryl methyl sites for hydroxylation is 1. The topological polar surface area (TPSA) is 35.9 Å². The van der Waals surface area contributed by atoms with Crippen LogP contribution in [-0.2, 0) is 6.54 Å². The van der Waals surface area contributed by atoms with Gasteiger partial charge in [0.2, 0.25) is 0 Å². The molecule has 0 spiro atoms. The Morgan fingerprint density at radius 1 is 1.07 bits per heavy atom. The first-order valence-corrected chi connectivity index (χ1v) is 11.4. The van der Waals surface area contributed by atoms with Crippen molar-refractivity contribution in [2.75, 3.05) is 38.2 Å². The van der Waals surface area contributed by atoms with E-state index in [0.717, 1.165) is 70.6 Å². The second-order valence-electron chi connectivity index (χ2n) is 8.79. The van der Waals surface area contributed by atoms with Crippen LogP contribution in [0.1, 0.15) is 50.2 Å². The van der Waals surface area contributed by atoms with Crippen molar-refractivity contribution in [1.29, 1.82) is 0 Å². The molecule has 0 unspecified atom stereocenters. The Hall–Kier alpha value is -2.04. The molecule has 164 valence electrons. The predicted molar refractivity (Wildman–Crippen MR) is 125 cm³/mol. The highest BCUT2D eigenvalue weighted by molar-refractivity contribution is 5.48. The number of piperidine rings is 1. The molecule has 0 radical (unpaired) electrons. The SMILES string of the molecule is CCCCOc1ccc(N(C)CCC2(O)CCN(Cc3ccccc3C)CC2)cc1. The molecule has 0 amide bonds. The Bertz CT molecular complexity index is 767. The molecular formula is C26H38N2O2. The van der Waals surface area contributed by atoms with Crippen LogP contribution in [0.5, 0.6) is 5.75 Å². The van der Waals surface area contributed by atoms with E-state index in [2.05, 4.69) is 67.1 Å². The van der Waals surface area contributed by atoms with E-state index in [4.69, 9.17) is 4.74 Å². The first-order chi connectivity index (χ1) is 14.5. The lowest BCUT2D eigenvalue weighted by Crippen LogP contribution is -2.45. The molecule has 2 aromatic carbocycles. The Labute approximate surface area is 182 Å². The van der Waals surface area contributed by atoms with Gasteiger partial charge >= 0.3 is 0 Å². The number of unbranched alkanes of at least 4 members (excludes halogenated alkanes) is 1. The first-order valence-electron chi connectivity index (χ1n) is 11.4. The zero-order chi connectivity index (χ0) is 21.4. The summed E-state index contributed by atoms with van der Waals surface area (Å²) in [6.45, 7) is 8.87. The lowest BCUT2D eigenvalue weighted by Gasteiger charge is -2.39. The molecule has 0 atom stereocenters. The molecule has 3 rings (SSSR count). The van der Waals surface area contributed by atoms with E-state index in [1.165, 1.54) is 16.8 Å². The molecule has 2 aromatic rings. The number of rotatable bonds is 10. The number of hydrogen-bond acceptors (Lipinski definition) is 4. The van der Waals surface area contributed by atoms with Gasteiger partial charge in [0.1, 0.15) is 5.75 Å². The minimum atomic E-state index is -0.556. The molecule has 0 saturated carbocycles. The van der Waals surface area contributed by atoms with Gasteiger partial charge in [0.05, 0.1) is 12.2 Å². The zero-order valence-corrected chi connectivity index (χ0v) is 18.9. The summed E-state index contributed by atoms with van der Waals surface area (Å²) in [4.78, 5) is 4.70. The van der Waals surface area contributed by atoms with Crippen molar-refractivity contribution in [3.63, 3.8) is 0 Å². The van der Waals surface area contributed by atoms with Crippen LogP contribution in [0.4, 0.5) is 5.69 Å². The van der Waals surface area contributed by atoms with E-state index in [9.17, 15) is 5.11 Å². The van der Waals surface area contributed by atoms with Gasteiger partial charge < -0.3 is 14.7 Å². The van der Waals surface area contributed by atoms with Crippen LogP contribution in [0.2, 0.25) is 0 Å². The van der Waals surface area contributed by atoms with Crippen LogP contribution < -0.4 is 9.64 Å². The van der Waals surface area contributed by atoms with Gasteiger partial charge in [-0.15, -0.1) is 0 Å². The summed E-state index contributed by atoms with van der Waals surface area (Å²) in [6.07, 6.45) is 4.72. The quantitative estimate of drug-likeness (QED) is 0.558. The number of likely N-dealkylation sites (tertiary alicyclic amines) is 1. The fraction of sp³-hybridized carbons (Fsp3) is 0.538. The van der Waals surface area contributed by atoms with Gasteiger partial charge in [-0.25, -0.2) is 0 Å². The lowest BCUT2D eigenvalue weighted by atomic mass is 9.87. The zero-order valence-electron chi connectivity index (χ0n) is 18.9. The smallest absolute Gasteiger partial charge is 0.119 e. The Morgan fingerprint density at radius 3 is 2.43 bits per heavy atom. The second-order valence-corrected chi connectivity index (χ2v) is 8.79. The van der Waals surface area contributed by atoms with Crippen LogP contribution in [0.15, 0.2) is 48.5 Å². The minimum absolute atomic E-state index is 0.556. The van der Waals surface area contributed by atoms with Gasteiger partial charge in [-0.1, -0.05) is 37.6 Å². The number of nitrogens with zero attached hydrogens (tertiary/aromatic N) is 2. The Morgan fingerprint density at radius 2 is 1.77 bits per heavy atom. The molecule has 1 heterocycles. The highest BCUT2D eigenvalue weighted by Crippen LogP contribution is 2.28. The summed E-state index contributed by atoms with van der Waals surface area (Å²) in [5, 5.41) is 11.1. The molecule has 30 heavy (non-hydrogen) atoms. The average Bonchev–Trinajstić information content (AvgIpc) is 2.76. The van der Waals surface area contributed by atoms with E-state index in [0.29, 0.717) is 0 Å². The number of anilines is 1. The lowest BCUT2D eigenvalue weighted by molar-refractivity contribution is -0.0275. The Balaban J connectivity index is 1.43. The van der Waals surface area contributed by atoms with E-state index in [1.54, 1.807) is 0 Å². The summed E-state index contributed by atoms with van der Waals surface area (Å²) in [5.41, 5.74) is 3.35. The minimum Gasteiger partial charge on any atom is -0.494 e. The fourth-order valence-electron chi connectivity index (χ4n) is 4.04. The molecule has 0 aromatic heterocycles. The molecule has 1 aliphatic heterocycles. The van der Waals surface area contributed by atoms with E-state index in [1.807, 2.05) is 12.1 Å². The molecule has 1 saturated heterocycles. The maximum Gasteiger partial charge on any atom is 0.119 e. The third-order valence-electron chi connectivity index (χ3n) is 6.40. The largest absolute Gasteiger partial charge is 0.494 e. The molecule has 1 N–H and O–H groups in total. The van der Waals surface area contributed by atoms with Crippen molar-refractivity contribution in [3.05, 3.63) is 59.7 Å². The van der Waals surface area contributed by atoms with Gasteiger partial charge in [-0.3, -0.25) is 4.90 Å². The monoisotopic (exact) mass is 410 g/mol. The highest BCUT2D eigenvalue weighted by Gasteiger charge is 2.32. The summed E-state index contributed by atoms with van der Waals surface area (Å²) in [6, 6.07) is 16.9. The highest BCUT2D eigenvalue weighted by atomic mass is 16.5. The molecule has 4 heteroatoms. The van der Waals surface area contributed by atoms with Crippen molar-refractivity contribution in [1.82, 2.24) is 4.90 Å². The van der Waals surface area contributed by atoms with Crippen molar-refractivity contribution in [3.8, 4) is 5.75 Å². The summed E-state index contributed by atoms with van der Waals surface area (Å²) >= 11 is 0. The van der Waals surface area contributed by atoms with E-state index < -0.39 is 5.60 Å². The van der Waals surface area contributed by atoms with Crippen molar-refractivity contribution in [2.24, 2.45) is 0 Å². The predicted octanol–water partition coefficient (Wildman–Crippen LogP) is 5.03. The Kier molecular flexibility index (Phi) is 8.17. The molecule has 1 fully saturated rings. The van der Waals surface area contributed by atoms with Gasteiger partial charge in [-0.2, -0.15) is 0 Å². The van der Waals surface area contributed by atoms with Gasteiger partial charge in [0, 0.05) is 38.9 Å². The number of hydrogen-bond donors (Lipinski definition) is 1. The van der Waals surface area contributed by atoms with Crippen molar-refractivity contribution >= 4 is 5.69 Å². The number of aliphatic hydroxyl groups is 1. The van der Waals surface area contributed by atoms with Gasteiger partial charge in [0.25, 0.3) is 0 Å². The maximum absolute atomic E-state index is 11.1. The third kappa shape index (κ3) is 6.48. The van der Waals surface area contributed by atoms with Crippen LogP contribution >= 0.6 is 0 Å². The number of ether oxygens (including phenoxy) is 1. The fourth-order valence-corrected chi connectivity index (χ4v) is 4.04. The summed E-state index contributed by atoms with van der Waals surface area (Å²) in [5.74, 6) is 0.931. The van der Waals surface area contributed by atoms with Crippen molar-refractivity contribution < 1.29 is 9.84 Å². The van der Waals surface area contributed by atoms with Crippen LogP contribution in [0.25, 0.3) is 0 Å². The third-order valence-corrected chi connectivity index (χ3v) is 6.40. The van der Waals surface area contributed by atoms with Gasteiger partial charge in [0.15, 0.2) is 0 Å². The average molecular weight is 411 g/mol. The first kappa shape index (κ1) is 22.6.